The quantitative estimate of drug-likeness (QED) is 0.811. The number of aromatic carboxylic acids is 1. The average molecular weight is 238 g/mol. The number of oxazole rings is 1. The first-order valence-corrected chi connectivity index (χ1v) is 3.80. The zero-order valence-electron chi connectivity index (χ0n) is 7.75. The van der Waals surface area contributed by atoms with Gasteiger partial charge in [0.05, 0.1) is 0 Å². The second-order valence-corrected chi connectivity index (χ2v) is 2.68. The predicted octanol–water partition coefficient (Wildman–Crippen LogP) is 1.35. The molecule has 1 amide bonds. The summed E-state index contributed by atoms with van der Waals surface area (Å²) in [5, 5.41) is 10.2. The molecule has 0 saturated heterocycles. The molecule has 0 aliphatic rings. The van der Waals surface area contributed by atoms with E-state index in [0.29, 0.717) is 0 Å². The van der Waals surface area contributed by atoms with Crippen LogP contribution < -0.4 is 5.32 Å². The summed E-state index contributed by atoms with van der Waals surface area (Å²) in [7, 11) is 0. The van der Waals surface area contributed by atoms with Crippen LogP contribution in [0.2, 0.25) is 0 Å². The number of anilines is 1. The topological polar surface area (TPSA) is 92.4 Å². The SMILES string of the molecule is CC(=O)Nc1nc(C(F)(F)F)c(C(=O)O)o1. The summed E-state index contributed by atoms with van der Waals surface area (Å²) in [6.07, 6.45) is -4.96. The number of halogens is 3. The van der Waals surface area contributed by atoms with Crippen molar-refractivity contribution in [2.75, 3.05) is 5.32 Å². The predicted molar refractivity (Wildman–Crippen MR) is 42.8 cm³/mol. The van der Waals surface area contributed by atoms with E-state index in [2.05, 4.69) is 9.40 Å². The van der Waals surface area contributed by atoms with E-state index in [0.717, 1.165) is 6.92 Å². The van der Waals surface area contributed by atoms with Gasteiger partial charge in [-0.1, -0.05) is 0 Å². The summed E-state index contributed by atoms with van der Waals surface area (Å²) in [5.74, 6) is -4.01. The largest absolute Gasteiger partial charge is 0.475 e. The van der Waals surface area contributed by atoms with Gasteiger partial charge < -0.3 is 9.52 Å². The summed E-state index contributed by atoms with van der Waals surface area (Å²) in [5.41, 5.74) is -1.69. The number of carbonyl (C=O) groups is 2. The van der Waals surface area contributed by atoms with Gasteiger partial charge in [0.1, 0.15) is 0 Å². The fourth-order valence-corrected chi connectivity index (χ4v) is 0.861. The Balaban J connectivity index is 3.21. The van der Waals surface area contributed by atoms with Gasteiger partial charge in [-0.2, -0.15) is 18.2 Å². The molecule has 0 aliphatic carbocycles. The van der Waals surface area contributed by atoms with Crippen LogP contribution in [0.4, 0.5) is 19.2 Å². The van der Waals surface area contributed by atoms with Crippen LogP contribution in [-0.4, -0.2) is 22.0 Å². The van der Waals surface area contributed by atoms with Crippen LogP contribution in [0.1, 0.15) is 23.2 Å². The third kappa shape index (κ3) is 2.49. The van der Waals surface area contributed by atoms with Crippen molar-refractivity contribution < 1.29 is 32.3 Å². The van der Waals surface area contributed by atoms with Gasteiger partial charge in [-0.25, -0.2) is 4.79 Å². The molecular formula is C7H5F3N2O4. The number of rotatable bonds is 2. The summed E-state index contributed by atoms with van der Waals surface area (Å²) >= 11 is 0. The Kier molecular flexibility index (Phi) is 2.88. The lowest BCUT2D eigenvalue weighted by molar-refractivity contribution is -0.141. The molecule has 0 aromatic carbocycles. The average Bonchev–Trinajstić information content (AvgIpc) is 2.45. The highest BCUT2D eigenvalue weighted by atomic mass is 19.4. The van der Waals surface area contributed by atoms with Crippen molar-refractivity contribution in [1.29, 1.82) is 0 Å². The summed E-state index contributed by atoms with van der Waals surface area (Å²) in [6, 6.07) is -0.808. The summed E-state index contributed by atoms with van der Waals surface area (Å²) < 4.78 is 41.0. The van der Waals surface area contributed by atoms with Crippen LogP contribution in [0.3, 0.4) is 0 Å². The smallest absolute Gasteiger partial charge is 0.437 e. The Morgan fingerprint density at radius 3 is 2.31 bits per heavy atom. The van der Waals surface area contributed by atoms with Gasteiger partial charge in [0.2, 0.25) is 11.7 Å². The number of nitrogens with one attached hydrogen (secondary N) is 1. The van der Waals surface area contributed by atoms with Crippen LogP contribution in [0.15, 0.2) is 4.42 Å². The second kappa shape index (κ2) is 3.83. The molecular weight excluding hydrogens is 233 g/mol. The lowest BCUT2D eigenvalue weighted by Gasteiger charge is -2.00. The zero-order chi connectivity index (χ0) is 12.5. The number of amides is 1. The van der Waals surface area contributed by atoms with Crippen molar-refractivity contribution in [3.8, 4) is 0 Å². The monoisotopic (exact) mass is 238 g/mol. The number of hydrogen-bond acceptors (Lipinski definition) is 4. The van der Waals surface area contributed by atoms with Crippen molar-refractivity contribution >= 4 is 17.9 Å². The first-order valence-electron chi connectivity index (χ1n) is 3.80. The lowest BCUT2D eigenvalue weighted by Crippen LogP contribution is -2.12. The maximum atomic E-state index is 12.3. The molecule has 9 heteroatoms. The van der Waals surface area contributed by atoms with Crippen LogP contribution in [0.25, 0.3) is 0 Å². The van der Waals surface area contributed by atoms with Gasteiger partial charge in [-0.05, 0) is 0 Å². The van der Waals surface area contributed by atoms with Crippen molar-refractivity contribution in [2.24, 2.45) is 0 Å². The highest BCUT2D eigenvalue weighted by Crippen LogP contribution is 2.32. The molecule has 1 aromatic heterocycles. The van der Waals surface area contributed by atoms with E-state index in [1.807, 2.05) is 5.32 Å². The van der Waals surface area contributed by atoms with E-state index < -0.39 is 35.5 Å². The maximum absolute atomic E-state index is 12.3. The van der Waals surface area contributed by atoms with E-state index in [1.165, 1.54) is 0 Å². The molecule has 1 rings (SSSR count). The molecule has 88 valence electrons. The lowest BCUT2D eigenvalue weighted by atomic mass is 10.3. The summed E-state index contributed by atoms with van der Waals surface area (Å²) in [4.78, 5) is 23.8. The van der Waals surface area contributed by atoms with Gasteiger partial charge in [-0.3, -0.25) is 10.1 Å². The zero-order valence-corrected chi connectivity index (χ0v) is 7.75. The van der Waals surface area contributed by atoms with Gasteiger partial charge in [0.25, 0.3) is 0 Å². The van der Waals surface area contributed by atoms with Crippen LogP contribution in [0, 0.1) is 0 Å². The molecule has 6 nitrogen and oxygen atoms in total. The van der Waals surface area contributed by atoms with Gasteiger partial charge in [0.15, 0.2) is 5.69 Å². The van der Waals surface area contributed by atoms with Crippen molar-refractivity contribution in [2.45, 2.75) is 13.1 Å². The number of carboxylic acids is 1. The molecule has 16 heavy (non-hydrogen) atoms. The molecule has 2 N–H and O–H groups in total. The Bertz CT molecular complexity index is 437. The molecule has 0 fully saturated rings. The molecule has 0 aliphatic heterocycles. The van der Waals surface area contributed by atoms with E-state index in [-0.39, 0.29) is 0 Å². The van der Waals surface area contributed by atoms with E-state index in [9.17, 15) is 22.8 Å². The number of carbonyl (C=O) groups excluding carboxylic acids is 1. The first kappa shape index (κ1) is 12.0. The number of nitrogens with zero attached hydrogens (tertiary/aromatic N) is 1. The number of alkyl halides is 3. The van der Waals surface area contributed by atoms with Crippen molar-refractivity contribution in [3.05, 3.63) is 11.5 Å². The molecule has 0 radical (unpaired) electrons. The molecule has 0 atom stereocenters. The standard InChI is InChI=1S/C7H5F3N2O4/c1-2(13)11-6-12-4(7(8,9)10)3(16-6)5(14)15/h1H3,(H,14,15)(H,11,12,13). The number of hydrogen-bond donors (Lipinski definition) is 2. The third-order valence-electron chi connectivity index (χ3n) is 1.37. The Labute approximate surface area is 86.1 Å². The fraction of sp³-hybridized carbons (Fsp3) is 0.286. The van der Waals surface area contributed by atoms with Crippen molar-refractivity contribution in [1.82, 2.24) is 4.98 Å². The molecule has 0 unspecified atom stereocenters. The Morgan fingerprint density at radius 2 is 2.00 bits per heavy atom. The first-order chi connectivity index (χ1) is 7.21. The molecule has 1 heterocycles. The number of carboxylic acid groups (broad SMARTS) is 1. The molecule has 1 aromatic rings. The summed E-state index contributed by atoms with van der Waals surface area (Å²) in [6.45, 7) is 1.01. The van der Waals surface area contributed by atoms with Crippen LogP contribution in [0.5, 0.6) is 0 Å². The van der Waals surface area contributed by atoms with Gasteiger partial charge >= 0.3 is 18.2 Å². The molecule has 0 spiro atoms. The Hall–Kier alpha value is -2.06. The second-order valence-electron chi connectivity index (χ2n) is 2.68. The van der Waals surface area contributed by atoms with E-state index >= 15 is 0 Å². The van der Waals surface area contributed by atoms with Crippen LogP contribution >= 0.6 is 0 Å². The minimum Gasteiger partial charge on any atom is -0.475 e. The van der Waals surface area contributed by atoms with Gasteiger partial charge in [-0.15, -0.1) is 0 Å². The van der Waals surface area contributed by atoms with Crippen molar-refractivity contribution in [3.63, 3.8) is 0 Å². The highest BCUT2D eigenvalue weighted by Gasteiger charge is 2.41. The van der Waals surface area contributed by atoms with E-state index in [1.54, 1.807) is 0 Å². The van der Waals surface area contributed by atoms with Gasteiger partial charge in [0, 0.05) is 6.92 Å². The normalized spacial score (nSPS) is 11.2. The van der Waals surface area contributed by atoms with Crippen LogP contribution in [-0.2, 0) is 11.0 Å². The maximum Gasteiger partial charge on any atom is 0.437 e. The minimum absolute atomic E-state index is 0.730. The number of aromatic nitrogens is 1. The Morgan fingerprint density at radius 1 is 1.44 bits per heavy atom. The third-order valence-corrected chi connectivity index (χ3v) is 1.37. The molecule has 0 bridgehead atoms. The fourth-order valence-electron chi connectivity index (χ4n) is 0.861. The molecule has 0 saturated carbocycles. The van der Waals surface area contributed by atoms with E-state index in [4.69, 9.17) is 5.11 Å². The minimum atomic E-state index is -4.96. The highest BCUT2D eigenvalue weighted by molar-refractivity contribution is 5.89.